The molecule has 36 nitrogen and oxygen atoms in total. The van der Waals surface area contributed by atoms with Crippen LogP contribution in [-0.4, -0.2) is 227 Å². The van der Waals surface area contributed by atoms with Crippen molar-refractivity contribution in [3.63, 3.8) is 0 Å². The monoisotopic (exact) mass is 1940 g/mol. The Bertz CT molecular complexity index is 6130. The number of aromatic hydroxyl groups is 1. The topological polar surface area (TPSA) is 570 Å². The Morgan fingerprint density at radius 3 is 2.14 bits per heavy atom. The van der Waals surface area contributed by atoms with E-state index >= 15 is 8.78 Å². The van der Waals surface area contributed by atoms with Gasteiger partial charge in [0.25, 0.3) is 15.9 Å². The summed E-state index contributed by atoms with van der Waals surface area (Å²) in [6.07, 6.45) is 13.4. The maximum Gasteiger partial charge on any atom is 1.00 e. The zero-order valence-electron chi connectivity index (χ0n) is 78.2. The second-order valence-electron chi connectivity index (χ2n) is 36.5. The van der Waals surface area contributed by atoms with Crippen molar-refractivity contribution in [3.8, 4) is 17.2 Å². The number of Topliss-reactive ketones (excluding diaryl/α,β-unsaturated/α-hetero) is 1. The number of halogens is 2. The van der Waals surface area contributed by atoms with E-state index in [0.29, 0.717) is 71.0 Å². The number of aromatic nitrogens is 2. The summed E-state index contributed by atoms with van der Waals surface area (Å²) in [5, 5.41) is 66.9. The van der Waals surface area contributed by atoms with Gasteiger partial charge in [0.2, 0.25) is 23.0 Å². The van der Waals surface area contributed by atoms with Gasteiger partial charge in [0, 0.05) is 101 Å². The molecule has 41 heteroatoms. The van der Waals surface area contributed by atoms with Crippen LogP contribution in [0.3, 0.4) is 0 Å². The van der Waals surface area contributed by atoms with Crippen molar-refractivity contribution in [3.05, 3.63) is 201 Å². The largest absolute Gasteiger partial charge is 1.00 e. The molecule has 3 aromatic heterocycles. The van der Waals surface area contributed by atoms with Crippen LogP contribution in [-0.2, 0) is 61.7 Å². The number of amides is 4. The normalized spacial score (nSPS) is 25.7. The number of carboxylic acids is 3. The minimum atomic E-state index is -4.04. The quantitative estimate of drug-likeness (QED) is 0.0347. The fourth-order valence-electron chi connectivity index (χ4n) is 20.9. The molecule has 9 fully saturated rings. The number of nitrogens with two attached hydrogens (primary N) is 1. The number of β-lactam (4-membered cyclic amide) rings is 1. The Kier molecular flexibility index (Phi) is 33.2. The first-order chi connectivity index (χ1) is 62.4. The minimum absolute atomic E-state index is 0. The molecule has 18 rings (SSSR count). The molecule has 8 aromatic rings. The molecular weight excluding hydrogens is 1820 g/mol. The molecule has 4 saturated heterocycles. The van der Waals surface area contributed by atoms with E-state index in [-0.39, 0.29) is 135 Å². The van der Waals surface area contributed by atoms with E-state index in [1.54, 1.807) is 75.6 Å². The number of phenolic OH excluding ortho intramolecular Hbond substituents is 1. The molecule has 0 radical (unpaired) electrons. The van der Waals surface area contributed by atoms with Crippen LogP contribution in [0.2, 0.25) is 0 Å². The SMILES string of the molecule is CC1(C)O[C@@H]2C[C@H]3[C@@H]4C[C@H](F)C5=CC(=O)C=C[C@]5(C)[C@H]4[C@@H](O)C[C@]3(C)[C@]2(C(=O)CO)O1.CC1(C)S[C@@H]2[C@H](NC(=O)[C@H](N)c3ccc(O)cc3)C(=O)N2[C@H]1C(=O)O.COc1c(N2CCNC(C)C2)c(F)cc2c(=O)c(C(=O)O)cn(C3CC3)c12.COc1cc(C(=O)NS(=O)(=O)c2ccccc2C)ccc1Cc1cn(C)c2ccc(NC(=O)OC3CCCC3)cc12.O.O.O.O=C(O)c1ccco1.[H-].[Na+]. The number of aryl methyl sites for hydroxylation is 2. The van der Waals surface area contributed by atoms with E-state index in [9.17, 15) is 81.9 Å². The van der Waals surface area contributed by atoms with Gasteiger partial charge < -0.3 is 112 Å². The molecule has 0 bridgehead atoms. The van der Waals surface area contributed by atoms with E-state index in [2.05, 4.69) is 25.1 Å². The molecule has 18 N–H and O–H groups in total. The number of phenols is 1. The summed E-state index contributed by atoms with van der Waals surface area (Å²) in [7, 11) is 0.871. The van der Waals surface area contributed by atoms with Gasteiger partial charge in [-0.2, -0.15) is 0 Å². The van der Waals surface area contributed by atoms with Crippen LogP contribution in [0, 0.1) is 41.3 Å². The summed E-state index contributed by atoms with van der Waals surface area (Å²) < 4.78 is 95.1. The zero-order chi connectivity index (χ0) is 95.5. The Morgan fingerprint density at radius 1 is 0.838 bits per heavy atom. The van der Waals surface area contributed by atoms with Crippen LogP contribution >= 0.6 is 11.8 Å². The second-order valence-corrected chi connectivity index (χ2v) is 39.9. The van der Waals surface area contributed by atoms with Gasteiger partial charge in [-0.05, 0) is 218 Å². The summed E-state index contributed by atoms with van der Waals surface area (Å²) in [5.41, 5.74) is 7.82. The summed E-state index contributed by atoms with van der Waals surface area (Å²) in [6.45, 7) is 15.8. The number of carbonyl (C=O) groups is 9. The number of ether oxygens (including phenoxy) is 5. The van der Waals surface area contributed by atoms with E-state index in [0.717, 1.165) is 73.2 Å². The number of carboxylic acid groups (broad SMARTS) is 3. The number of nitrogens with zero attached hydrogens (tertiary/aromatic N) is 4. The summed E-state index contributed by atoms with van der Waals surface area (Å²) in [4.78, 5) is 124. The average Bonchev–Trinajstić information content (AvgIpc) is 1.50. The molecule has 14 atom stereocenters. The van der Waals surface area contributed by atoms with Crippen molar-refractivity contribution in [1.29, 1.82) is 0 Å². The number of sulfonamides is 1. The predicted molar refractivity (Wildman–Crippen MR) is 493 cm³/mol. The Balaban J connectivity index is 0.000000199. The number of hydrogen-bond acceptors (Lipinski definition) is 25. The van der Waals surface area contributed by atoms with Gasteiger partial charge >= 0.3 is 53.6 Å². The van der Waals surface area contributed by atoms with Gasteiger partial charge in [-0.15, -0.1) is 11.8 Å². The van der Waals surface area contributed by atoms with Crippen molar-refractivity contribution >= 4 is 108 Å². The number of carbonyl (C=O) groups excluding carboxylic acids is 6. The number of thioether (sulfide) groups is 1. The molecular formula is C95H116F2N9NaO27S2. The molecule has 10 aliphatic rings. The molecule has 5 saturated carbocycles. The Morgan fingerprint density at radius 2 is 1.53 bits per heavy atom. The van der Waals surface area contributed by atoms with Gasteiger partial charge in [-0.3, -0.25) is 34.1 Å². The number of aliphatic hydroxyl groups is 2. The number of allylic oxidation sites excluding steroid dienone is 4. The summed E-state index contributed by atoms with van der Waals surface area (Å²) in [6, 6.07) is 24.6. The van der Waals surface area contributed by atoms with Gasteiger partial charge in [-0.1, -0.05) is 56.3 Å². The first-order valence-corrected chi connectivity index (χ1v) is 45.9. The standard InChI is InChI=1S/C31H33N3O6S.C24H31FO6.C19H22FN3O4.C16H19N3O5S.C5H4O3.Na.3H2O.H/c1-20-8-4-7-11-29(20)41(37,38)33-30(35)22-13-12-21(28(17-22)39-3)16-23-19-34(2)27-15-14-24(18-26(23)27)32-31(36)40-25-9-5-6-10-25;1-21(2)30-19-9-14-13-8-16(25)15-7-12(27)5-6-22(15,3)20(13)17(28)10-23(14,4)24(19,31-21)18(29)11-26;1-10-8-22(6-5-21-10)16-14(20)7-12-15(18(16)27-2)23(11-3-4-11)9-13(17(12)24)19(25)26;1-16(2)11(15(23)24)19-13(22)10(14(19)25-16)18-12(21)9(17)7-3-5-8(20)6-4-7;6-5(7)4-2-1-3-8-4;;;;;/h4,7-8,11-15,17-19,25H,5-6,9-10,16H2,1-3H3,(H,32,36)(H,33,35);5-7,13-14,16-17,19-20,26,28H,8-11H2,1-4H3;7,9-11,21H,3-6,8H2,1-2H3,(H,25,26);3-6,9-11,14,20H,17H2,1-2H3,(H,18,21)(H,23,24);1-3H,(H,6,7);;3*1H2;/q;;;;;+1;;;;-1/t;13-,14-,16-,17-,19+,20+,22-,23-,24+;;9-,10-,11+,14-;;;;;;/m.0.1....../s1. The number of alkyl halides is 1. The number of nitrogens with one attached hydrogen (secondary N) is 4. The molecule has 7 heterocycles. The average molecular weight is 1940 g/mol. The first kappa shape index (κ1) is 107. The van der Waals surface area contributed by atoms with Crippen molar-refractivity contribution < 1.29 is 167 Å². The molecule has 5 aromatic carbocycles. The van der Waals surface area contributed by atoms with Crippen molar-refractivity contribution in [2.45, 2.75) is 201 Å². The number of rotatable bonds is 19. The van der Waals surface area contributed by atoms with E-state index in [1.807, 2.05) is 61.7 Å². The smallest absolute Gasteiger partial charge is 1.00 e. The Hall–Kier alpha value is -11.0. The predicted octanol–water partition coefficient (Wildman–Crippen LogP) is 5.59. The summed E-state index contributed by atoms with van der Waals surface area (Å²) in [5.74, 6) is -7.15. The van der Waals surface area contributed by atoms with E-state index in [1.165, 1.54) is 104 Å². The summed E-state index contributed by atoms with van der Waals surface area (Å²) >= 11 is 1.35. The minimum Gasteiger partial charge on any atom is -1.00 e. The Labute approximate surface area is 809 Å². The number of hydrogen-bond donors (Lipinski definition) is 11. The number of ketones is 2. The van der Waals surface area contributed by atoms with Gasteiger partial charge in [0.1, 0.15) is 65.1 Å². The maximum absolute atomic E-state index is 15.4. The van der Waals surface area contributed by atoms with Crippen LogP contribution in [0.15, 0.2) is 160 Å². The number of piperazine rings is 1. The van der Waals surface area contributed by atoms with Crippen LogP contribution in [0.4, 0.5) is 25.0 Å². The molecule has 0 spiro atoms. The number of pyridine rings is 1. The molecule has 4 amide bonds. The van der Waals surface area contributed by atoms with Crippen LogP contribution in [0.1, 0.15) is 173 Å². The van der Waals surface area contributed by atoms with Crippen LogP contribution < -0.4 is 75.8 Å². The van der Waals surface area contributed by atoms with E-state index < -0.39 is 144 Å². The molecule has 136 heavy (non-hydrogen) atoms. The number of fused-ring (bicyclic) bond motifs is 10. The van der Waals surface area contributed by atoms with Crippen molar-refractivity contribution in [1.82, 2.24) is 29.4 Å². The number of anilines is 2. The molecule has 730 valence electrons. The fraction of sp³-hybridized carbons (Fsp3) is 0.453. The first-order valence-electron chi connectivity index (χ1n) is 43.6. The zero-order valence-corrected chi connectivity index (χ0v) is 80.8. The van der Waals surface area contributed by atoms with Gasteiger partial charge in [0.05, 0.1) is 48.5 Å². The number of aliphatic carboxylic acids is 1. The number of furan rings is 1. The number of benzene rings is 5. The third-order valence-corrected chi connectivity index (χ3v) is 30.0. The molecule has 1 unspecified atom stereocenters. The fourth-order valence-corrected chi connectivity index (χ4v) is 23.7. The van der Waals surface area contributed by atoms with Gasteiger partial charge in [-0.25, -0.2) is 41.1 Å². The molecule has 6 aliphatic carbocycles. The van der Waals surface area contributed by atoms with E-state index in [4.69, 9.17) is 34.5 Å². The van der Waals surface area contributed by atoms with Gasteiger partial charge in [0.15, 0.2) is 34.5 Å². The van der Waals surface area contributed by atoms with Crippen LogP contribution in [0.5, 0.6) is 17.2 Å². The third kappa shape index (κ3) is 20.9. The van der Waals surface area contributed by atoms with Crippen LogP contribution in [0.25, 0.3) is 21.8 Å². The number of methoxy groups -OCH3 is 2. The van der Waals surface area contributed by atoms with Crippen molar-refractivity contribution in [2.75, 3.05) is 50.7 Å². The maximum atomic E-state index is 15.4. The number of aliphatic hydroxyl groups excluding tert-OH is 2. The number of aromatic carboxylic acids is 2. The molecule has 4 aliphatic heterocycles. The third-order valence-electron chi connectivity index (χ3n) is 27.0. The second kappa shape index (κ2) is 42.2. The van der Waals surface area contributed by atoms with Crippen molar-refractivity contribution in [2.24, 2.45) is 41.4 Å².